The number of H-pyrrole nitrogens is 2. The lowest BCUT2D eigenvalue weighted by atomic mass is 9.73. The highest BCUT2D eigenvalue weighted by molar-refractivity contribution is 5.88. The monoisotopic (exact) mass is 522 g/mol. The van der Waals surface area contributed by atoms with E-state index < -0.39 is 0 Å². The van der Waals surface area contributed by atoms with Crippen LogP contribution in [0.5, 0.6) is 0 Å². The standard InChI is InChI=1S/C22H30N4O.C9H16O2/c1-5-22(2)9-8-17-20(14-22)24-25-21(17)19-12-15-6-7-16(13-18(15)23-19)26(3)10-11-27-4;1-11-9-4-2-8(3-5-9)6-7-10/h6-7,12-13,23H,5,8-11,14H2,1-4H3,(H,24,25);7-9H,2-6H2,1H3. The van der Waals surface area contributed by atoms with Crippen molar-refractivity contribution in [2.24, 2.45) is 11.3 Å². The number of aromatic nitrogens is 3. The van der Waals surface area contributed by atoms with E-state index in [0.29, 0.717) is 17.4 Å². The number of aromatic amines is 2. The molecule has 1 atom stereocenters. The van der Waals surface area contributed by atoms with Crippen molar-refractivity contribution in [1.29, 1.82) is 0 Å². The van der Waals surface area contributed by atoms with Crippen molar-refractivity contribution >= 4 is 22.9 Å². The Morgan fingerprint density at radius 2 is 1.97 bits per heavy atom. The molecule has 2 aliphatic carbocycles. The molecule has 1 fully saturated rings. The van der Waals surface area contributed by atoms with Crippen LogP contribution in [0.25, 0.3) is 22.3 Å². The molecule has 0 aliphatic heterocycles. The molecule has 0 bridgehead atoms. The molecule has 3 aromatic rings. The van der Waals surface area contributed by atoms with Gasteiger partial charge in [0.1, 0.15) is 12.0 Å². The zero-order chi connectivity index (χ0) is 27.1. The van der Waals surface area contributed by atoms with Crippen LogP contribution >= 0.6 is 0 Å². The van der Waals surface area contributed by atoms with Crippen LogP contribution in [0.3, 0.4) is 0 Å². The Labute approximate surface area is 227 Å². The molecule has 2 aromatic heterocycles. The summed E-state index contributed by atoms with van der Waals surface area (Å²) in [6.45, 7) is 6.28. The fourth-order valence-electron chi connectivity index (χ4n) is 5.86. The second-order valence-electron chi connectivity index (χ2n) is 11.5. The van der Waals surface area contributed by atoms with Gasteiger partial charge in [-0.25, -0.2) is 0 Å². The first-order valence-corrected chi connectivity index (χ1v) is 14.3. The van der Waals surface area contributed by atoms with Crippen molar-refractivity contribution in [3.8, 4) is 11.4 Å². The van der Waals surface area contributed by atoms with Crippen molar-refractivity contribution in [3.05, 3.63) is 35.5 Å². The Hall–Kier alpha value is -2.64. The van der Waals surface area contributed by atoms with E-state index in [1.807, 2.05) is 0 Å². The number of hydrogen-bond donors (Lipinski definition) is 2. The van der Waals surface area contributed by atoms with Gasteiger partial charge in [-0.3, -0.25) is 5.10 Å². The van der Waals surface area contributed by atoms with Crippen LogP contribution in [0.1, 0.15) is 70.1 Å². The first-order chi connectivity index (χ1) is 18.4. The first-order valence-electron chi connectivity index (χ1n) is 14.3. The lowest BCUT2D eigenvalue weighted by Crippen LogP contribution is -2.24. The molecule has 2 N–H and O–H groups in total. The number of ether oxygens (including phenoxy) is 2. The van der Waals surface area contributed by atoms with Gasteiger partial charge < -0.3 is 24.2 Å². The van der Waals surface area contributed by atoms with E-state index in [1.165, 1.54) is 35.2 Å². The number of nitrogens with zero attached hydrogens (tertiary/aromatic N) is 2. The number of aldehydes is 1. The van der Waals surface area contributed by atoms with Crippen molar-refractivity contribution < 1.29 is 14.3 Å². The molecule has 0 amide bonds. The van der Waals surface area contributed by atoms with Gasteiger partial charge in [0.05, 0.1) is 18.4 Å². The van der Waals surface area contributed by atoms with Crippen molar-refractivity contribution in [1.82, 2.24) is 15.2 Å². The first kappa shape index (κ1) is 28.4. The Morgan fingerprint density at radius 1 is 1.18 bits per heavy atom. The van der Waals surface area contributed by atoms with E-state index in [1.54, 1.807) is 14.2 Å². The molecule has 0 radical (unpaired) electrons. The smallest absolute Gasteiger partial charge is 0.120 e. The maximum Gasteiger partial charge on any atom is 0.120 e. The number of anilines is 1. The summed E-state index contributed by atoms with van der Waals surface area (Å²) in [7, 11) is 5.60. The Kier molecular flexibility index (Phi) is 9.66. The molecular weight excluding hydrogens is 476 g/mol. The van der Waals surface area contributed by atoms with Gasteiger partial charge in [0.25, 0.3) is 0 Å². The predicted octanol–water partition coefficient (Wildman–Crippen LogP) is 6.33. The van der Waals surface area contributed by atoms with Crippen molar-refractivity contribution in [2.45, 2.75) is 77.7 Å². The predicted molar refractivity (Wildman–Crippen MR) is 155 cm³/mol. The number of benzene rings is 1. The highest BCUT2D eigenvalue weighted by Crippen LogP contribution is 2.40. The molecular formula is C31H46N4O3. The second-order valence-corrected chi connectivity index (χ2v) is 11.5. The molecule has 0 saturated heterocycles. The van der Waals surface area contributed by atoms with Gasteiger partial charge in [0.15, 0.2) is 0 Å². The van der Waals surface area contributed by atoms with Gasteiger partial charge in [-0.05, 0) is 74.5 Å². The second kappa shape index (κ2) is 12.9. The summed E-state index contributed by atoms with van der Waals surface area (Å²) in [4.78, 5) is 16.0. The normalized spacial score (nSPS) is 23.0. The summed E-state index contributed by atoms with van der Waals surface area (Å²) >= 11 is 0. The summed E-state index contributed by atoms with van der Waals surface area (Å²) in [6, 6.07) is 8.78. The number of likely N-dealkylation sites (N-methyl/N-ethyl adjacent to an activating group) is 1. The Morgan fingerprint density at radius 3 is 2.66 bits per heavy atom. The number of carbonyl (C=O) groups is 1. The van der Waals surface area contributed by atoms with Crippen LogP contribution in [0.15, 0.2) is 24.3 Å². The largest absolute Gasteiger partial charge is 0.383 e. The summed E-state index contributed by atoms with van der Waals surface area (Å²) in [5.74, 6) is 0.638. The Bertz CT molecular complexity index is 1180. The maximum atomic E-state index is 10.2. The molecule has 1 saturated carbocycles. The van der Waals surface area contributed by atoms with E-state index in [-0.39, 0.29) is 0 Å². The molecule has 7 heteroatoms. The fraction of sp³-hybridized carbons (Fsp3) is 0.613. The van der Waals surface area contributed by atoms with E-state index in [2.05, 4.69) is 65.2 Å². The number of methoxy groups -OCH3 is 2. The minimum atomic E-state index is 0.402. The third-order valence-corrected chi connectivity index (χ3v) is 8.88. The molecule has 0 spiro atoms. The number of carbonyl (C=O) groups excluding carboxylic acids is 1. The molecule has 7 nitrogen and oxygen atoms in total. The van der Waals surface area contributed by atoms with Crippen molar-refractivity contribution in [2.75, 3.05) is 39.3 Å². The molecule has 5 rings (SSSR count). The van der Waals surface area contributed by atoms with Gasteiger partial charge in [-0.15, -0.1) is 0 Å². The minimum absolute atomic E-state index is 0.402. The van der Waals surface area contributed by atoms with Gasteiger partial charge in [-0.2, -0.15) is 5.10 Å². The topological polar surface area (TPSA) is 83.2 Å². The molecule has 38 heavy (non-hydrogen) atoms. The van der Waals surface area contributed by atoms with Crippen LogP contribution in [-0.4, -0.2) is 62.0 Å². The molecule has 1 unspecified atom stereocenters. The van der Waals surface area contributed by atoms with Gasteiger partial charge in [0.2, 0.25) is 0 Å². The summed E-state index contributed by atoms with van der Waals surface area (Å²) in [5.41, 5.74) is 7.66. The van der Waals surface area contributed by atoms with Gasteiger partial charge in [-0.1, -0.05) is 26.3 Å². The van der Waals surface area contributed by atoms with Crippen LogP contribution in [0.2, 0.25) is 0 Å². The summed E-state index contributed by atoms with van der Waals surface area (Å²) in [5, 5.41) is 9.22. The Balaban J connectivity index is 0.000000257. The van der Waals surface area contributed by atoms with Crippen LogP contribution < -0.4 is 4.90 Å². The molecule has 2 aliphatic rings. The third-order valence-electron chi connectivity index (χ3n) is 8.88. The van der Waals surface area contributed by atoms with Crippen molar-refractivity contribution in [3.63, 3.8) is 0 Å². The van der Waals surface area contributed by atoms with E-state index in [4.69, 9.17) is 9.47 Å². The lowest BCUT2D eigenvalue weighted by Gasteiger charge is -2.32. The molecule has 1 aromatic carbocycles. The lowest BCUT2D eigenvalue weighted by molar-refractivity contribution is -0.109. The van der Waals surface area contributed by atoms with Gasteiger partial charge >= 0.3 is 0 Å². The highest BCUT2D eigenvalue weighted by atomic mass is 16.5. The highest BCUT2D eigenvalue weighted by Gasteiger charge is 2.31. The van der Waals surface area contributed by atoms with E-state index in [9.17, 15) is 4.79 Å². The maximum absolute atomic E-state index is 10.2. The van der Waals surface area contributed by atoms with Gasteiger partial charge in [0, 0.05) is 62.1 Å². The van der Waals surface area contributed by atoms with Crippen LogP contribution in [0, 0.1) is 11.3 Å². The van der Waals surface area contributed by atoms with E-state index in [0.717, 1.165) is 81.3 Å². The zero-order valence-electron chi connectivity index (χ0n) is 23.9. The molecule has 208 valence electrons. The summed E-state index contributed by atoms with van der Waals surface area (Å²) < 4.78 is 10.4. The number of nitrogens with one attached hydrogen (secondary N) is 2. The third kappa shape index (κ3) is 6.67. The number of hydrogen-bond acceptors (Lipinski definition) is 5. The van der Waals surface area contributed by atoms with E-state index >= 15 is 0 Å². The quantitative estimate of drug-likeness (QED) is 0.321. The number of fused-ring (bicyclic) bond motifs is 2. The average molecular weight is 523 g/mol. The fourth-order valence-corrected chi connectivity index (χ4v) is 5.86. The SMILES string of the molecule is CCC1(C)CCc2c(-c3cc4ccc(N(C)CCOC)cc4[nH]3)n[nH]c2C1.COC1CCC(CC=O)CC1. The molecule has 2 heterocycles. The average Bonchev–Trinajstić information content (AvgIpc) is 3.55. The minimum Gasteiger partial charge on any atom is -0.383 e. The van der Waals surface area contributed by atoms with Crippen LogP contribution in [-0.2, 0) is 27.1 Å². The number of rotatable bonds is 9. The summed E-state index contributed by atoms with van der Waals surface area (Å²) in [6.07, 6.45) is 11.5. The van der Waals surface area contributed by atoms with Crippen LogP contribution in [0.4, 0.5) is 5.69 Å². The zero-order valence-corrected chi connectivity index (χ0v) is 23.9.